The highest BCUT2D eigenvalue weighted by Crippen LogP contribution is 2.20. The first-order valence-electron chi connectivity index (χ1n) is 5.01. The Bertz CT molecular complexity index is 375. The van der Waals surface area contributed by atoms with E-state index < -0.39 is 11.5 Å². The zero-order valence-corrected chi connectivity index (χ0v) is 11.3. The van der Waals surface area contributed by atoms with E-state index in [0.717, 1.165) is 10.0 Å². The molecule has 0 aliphatic carbocycles. The van der Waals surface area contributed by atoms with Crippen LogP contribution in [0.3, 0.4) is 0 Å². The molecule has 0 saturated heterocycles. The summed E-state index contributed by atoms with van der Waals surface area (Å²) in [5.41, 5.74) is 0.148. The first kappa shape index (κ1) is 13.2. The van der Waals surface area contributed by atoms with Crippen molar-refractivity contribution in [1.29, 1.82) is 0 Å². The lowest BCUT2D eigenvalue weighted by atomic mass is 9.92. The molecule has 1 rings (SSSR count). The van der Waals surface area contributed by atoms with Crippen molar-refractivity contribution in [2.45, 2.75) is 18.9 Å². The van der Waals surface area contributed by atoms with Gasteiger partial charge in [-0.25, -0.2) is 0 Å². The summed E-state index contributed by atoms with van der Waals surface area (Å²) in [6.45, 7) is 1.73. The molecule has 0 radical (unpaired) electrons. The Morgan fingerprint density at radius 3 is 2.25 bits per heavy atom. The topological polar surface area (TPSA) is 40.5 Å². The summed E-state index contributed by atoms with van der Waals surface area (Å²) in [5, 5.41) is 9.27. The molecular weight excluding hydrogens is 270 g/mol. The zero-order valence-electron chi connectivity index (χ0n) is 9.70. The third-order valence-corrected chi connectivity index (χ3v) is 3.44. The van der Waals surface area contributed by atoms with Gasteiger partial charge in [-0.05, 0) is 38.7 Å². The largest absolute Gasteiger partial charge is 0.480 e. The number of likely N-dealkylation sites (N-methyl/N-ethyl adjacent to an activating group) is 1. The molecule has 0 aliphatic heterocycles. The first-order chi connectivity index (χ1) is 7.36. The predicted octanol–water partition coefficient (Wildman–Crippen LogP) is 2.40. The number of carboxylic acid groups (broad SMARTS) is 1. The number of hydrogen-bond donors (Lipinski definition) is 1. The van der Waals surface area contributed by atoms with E-state index in [2.05, 4.69) is 15.9 Å². The van der Waals surface area contributed by atoms with Crippen molar-refractivity contribution in [3.8, 4) is 0 Å². The van der Waals surface area contributed by atoms with Gasteiger partial charge in [0.25, 0.3) is 0 Å². The van der Waals surface area contributed by atoms with Gasteiger partial charge in [-0.1, -0.05) is 28.1 Å². The van der Waals surface area contributed by atoms with Gasteiger partial charge in [0.2, 0.25) is 0 Å². The Balaban J connectivity index is 2.93. The van der Waals surface area contributed by atoms with Crippen molar-refractivity contribution in [3.05, 3.63) is 34.3 Å². The van der Waals surface area contributed by atoms with Crippen LogP contribution < -0.4 is 0 Å². The van der Waals surface area contributed by atoms with Gasteiger partial charge in [0, 0.05) is 10.9 Å². The van der Waals surface area contributed by atoms with E-state index in [-0.39, 0.29) is 0 Å². The molecule has 0 amide bonds. The maximum absolute atomic E-state index is 11.3. The maximum atomic E-state index is 11.3. The highest BCUT2D eigenvalue weighted by atomic mass is 79.9. The van der Waals surface area contributed by atoms with Gasteiger partial charge in [-0.15, -0.1) is 0 Å². The summed E-state index contributed by atoms with van der Waals surface area (Å²) in [6.07, 6.45) is 0.489. The molecule has 1 aromatic carbocycles. The molecule has 4 heteroatoms. The van der Waals surface area contributed by atoms with E-state index >= 15 is 0 Å². The number of hydrogen-bond acceptors (Lipinski definition) is 2. The quantitative estimate of drug-likeness (QED) is 0.924. The van der Waals surface area contributed by atoms with Crippen LogP contribution in [0.2, 0.25) is 0 Å². The van der Waals surface area contributed by atoms with Gasteiger partial charge < -0.3 is 5.11 Å². The number of aliphatic carboxylic acids is 1. The second-order valence-corrected chi connectivity index (χ2v) is 5.19. The van der Waals surface area contributed by atoms with Crippen molar-refractivity contribution in [1.82, 2.24) is 4.90 Å². The molecule has 88 valence electrons. The molecule has 1 aromatic rings. The third kappa shape index (κ3) is 2.83. The van der Waals surface area contributed by atoms with Crippen molar-refractivity contribution in [2.24, 2.45) is 0 Å². The van der Waals surface area contributed by atoms with Gasteiger partial charge in [0.15, 0.2) is 0 Å². The zero-order chi connectivity index (χ0) is 12.3. The Morgan fingerprint density at radius 1 is 1.38 bits per heavy atom. The van der Waals surface area contributed by atoms with Crippen LogP contribution >= 0.6 is 15.9 Å². The van der Waals surface area contributed by atoms with Crippen LogP contribution in [0.5, 0.6) is 0 Å². The van der Waals surface area contributed by atoms with Gasteiger partial charge in [-0.2, -0.15) is 0 Å². The van der Waals surface area contributed by atoms with E-state index in [4.69, 9.17) is 0 Å². The molecule has 0 bridgehead atoms. The molecule has 1 atom stereocenters. The van der Waals surface area contributed by atoms with Gasteiger partial charge in [0.05, 0.1) is 0 Å². The molecule has 1 N–H and O–H groups in total. The molecule has 0 spiro atoms. The summed E-state index contributed by atoms with van der Waals surface area (Å²) in [7, 11) is 3.57. The number of benzene rings is 1. The minimum atomic E-state index is -0.867. The molecule has 1 unspecified atom stereocenters. The highest BCUT2D eigenvalue weighted by molar-refractivity contribution is 9.10. The highest BCUT2D eigenvalue weighted by Gasteiger charge is 2.35. The van der Waals surface area contributed by atoms with E-state index in [9.17, 15) is 9.90 Å². The standard InChI is InChI=1S/C12H16BrNO2/c1-12(11(15)16,14(2)3)8-9-4-6-10(13)7-5-9/h4-7H,8H2,1-3H3,(H,15,16). The summed E-state index contributed by atoms with van der Waals surface area (Å²) in [6, 6.07) is 7.73. The lowest BCUT2D eigenvalue weighted by Gasteiger charge is -2.32. The monoisotopic (exact) mass is 285 g/mol. The van der Waals surface area contributed by atoms with E-state index in [0.29, 0.717) is 6.42 Å². The minimum absolute atomic E-state index is 0.489. The fraction of sp³-hybridized carbons (Fsp3) is 0.417. The van der Waals surface area contributed by atoms with Crippen LogP contribution in [0, 0.1) is 0 Å². The van der Waals surface area contributed by atoms with Crippen molar-refractivity contribution >= 4 is 21.9 Å². The minimum Gasteiger partial charge on any atom is -0.480 e. The molecule has 16 heavy (non-hydrogen) atoms. The molecule has 0 saturated carbocycles. The Morgan fingerprint density at radius 2 is 1.88 bits per heavy atom. The van der Waals surface area contributed by atoms with Crippen LogP contribution in [0.4, 0.5) is 0 Å². The smallest absolute Gasteiger partial charge is 0.324 e. The van der Waals surface area contributed by atoms with Crippen LogP contribution in [0.15, 0.2) is 28.7 Å². The Kier molecular flexibility index (Phi) is 4.10. The predicted molar refractivity (Wildman–Crippen MR) is 67.6 cm³/mol. The fourth-order valence-corrected chi connectivity index (χ4v) is 1.69. The van der Waals surface area contributed by atoms with E-state index in [1.165, 1.54) is 0 Å². The Labute approximate surface area is 104 Å². The van der Waals surface area contributed by atoms with Crippen molar-refractivity contribution < 1.29 is 9.90 Å². The van der Waals surface area contributed by atoms with Crippen molar-refractivity contribution in [3.63, 3.8) is 0 Å². The van der Waals surface area contributed by atoms with Gasteiger partial charge in [0.1, 0.15) is 5.54 Å². The van der Waals surface area contributed by atoms with Crippen LogP contribution in [0.25, 0.3) is 0 Å². The molecule has 0 aliphatic rings. The average molecular weight is 286 g/mol. The fourth-order valence-electron chi connectivity index (χ4n) is 1.42. The number of carboxylic acids is 1. The second-order valence-electron chi connectivity index (χ2n) is 4.28. The van der Waals surface area contributed by atoms with Crippen LogP contribution in [0.1, 0.15) is 12.5 Å². The number of rotatable bonds is 4. The van der Waals surface area contributed by atoms with Crippen molar-refractivity contribution in [2.75, 3.05) is 14.1 Å². The summed E-state index contributed by atoms with van der Waals surface area (Å²) in [4.78, 5) is 13.0. The SMILES string of the molecule is CN(C)C(C)(Cc1ccc(Br)cc1)C(=O)O. The molecule has 3 nitrogen and oxygen atoms in total. The molecule has 0 heterocycles. The first-order valence-corrected chi connectivity index (χ1v) is 5.81. The second kappa shape index (κ2) is 4.97. The maximum Gasteiger partial charge on any atom is 0.324 e. The van der Waals surface area contributed by atoms with Gasteiger partial charge >= 0.3 is 5.97 Å². The lowest BCUT2D eigenvalue weighted by Crippen LogP contribution is -2.50. The number of halogens is 1. The van der Waals surface area contributed by atoms with Crippen LogP contribution in [-0.4, -0.2) is 35.6 Å². The molecular formula is C12H16BrNO2. The average Bonchev–Trinajstić information content (AvgIpc) is 2.20. The molecule has 0 aromatic heterocycles. The molecule has 0 fully saturated rings. The Hall–Kier alpha value is -0.870. The van der Waals surface area contributed by atoms with Gasteiger partial charge in [-0.3, -0.25) is 9.69 Å². The number of carbonyl (C=O) groups is 1. The summed E-state index contributed by atoms with van der Waals surface area (Å²) < 4.78 is 0.998. The number of nitrogens with zero attached hydrogens (tertiary/aromatic N) is 1. The normalized spacial score (nSPS) is 14.8. The van der Waals surface area contributed by atoms with E-state index in [1.807, 2.05) is 24.3 Å². The summed E-state index contributed by atoms with van der Waals surface area (Å²) in [5.74, 6) is -0.805. The summed E-state index contributed by atoms with van der Waals surface area (Å²) >= 11 is 3.36. The third-order valence-electron chi connectivity index (χ3n) is 2.91. The lowest BCUT2D eigenvalue weighted by molar-refractivity contribution is -0.148. The van der Waals surface area contributed by atoms with Crippen LogP contribution in [-0.2, 0) is 11.2 Å². The van der Waals surface area contributed by atoms with E-state index in [1.54, 1.807) is 25.9 Å².